The minimum Gasteiger partial charge on any atom is -0.486 e. The van der Waals surface area contributed by atoms with Crippen LogP contribution in [-0.2, 0) is 4.79 Å². The summed E-state index contributed by atoms with van der Waals surface area (Å²) in [5.41, 5.74) is 0.496. The highest BCUT2D eigenvalue weighted by Crippen LogP contribution is 2.40. The Labute approximate surface area is 209 Å². The molecule has 7 nitrogen and oxygen atoms in total. The Hall–Kier alpha value is -3.19. The smallest absolute Gasteiger partial charge is 0.262 e. The van der Waals surface area contributed by atoms with Gasteiger partial charge in [-0.3, -0.25) is 24.1 Å². The number of imide groups is 1. The first-order valence-corrected chi connectivity index (χ1v) is 12.3. The van der Waals surface area contributed by atoms with Gasteiger partial charge in [0, 0.05) is 31.0 Å². The SMILES string of the molecule is CC(C)CC(C(=O)N1CCC2(CC1)CC(=O)c1cc(Cl)ccc1O2)N1C(=O)c2ccccc2C1=O. The predicted octanol–water partition coefficient (Wildman–Crippen LogP) is 4.38. The Bertz CT molecular complexity index is 1200. The average molecular weight is 495 g/mol. The molecule has 1 saturated heterocycles. The second-order valence-electron chi connectivity index (χ2n) is 10.0. The number of hydrogen-bond acceptors (Lipinski definition) is 5. The van der Waals surface area contributed by atoms with Crippen molar-refractivity contribution in [2.45, 2.75) is 51.2 Å². The minimum atomic E-state index is -0.867. The largest absolute Gasteiger partial charge is 0.486 e. The summed E-state index contributed by atoms with van der Waals surface area (Å²) in [5.74, 6) is -0.472. The number of amides is 3. The number of ether oxygens (including phenoxy) is 1. The highest BCUT2D eigenvalue weighted by Gasteiger charge is 2.47. The molecule has 1 unspecified atom stereocenters. The molecule has 0 bridgehead atoms. The van der Waals surface area contributed by atoms with Crippen LogP contribution < -0.4 is 4.74 Å². The summed E-state index contributed by atoms with van der Waals surface area (Å²) in [4.78, 5) is 55.5. The fourth-order valence-electron chi connectivity index (χ4n) is 5.34. The molecule has 0 radical (unpaired) electrons. The van der Waals surface area contributed by atoms with Gasteiger partial charge in [0.1, 0.15) is 17.4 Å². The van der Waals surface area contributed by atoms with Crippen molar-refractivity contribution in [3.05, 3.63) is 64.2 Å². The molecule has 5 rings (SSSR count). The maximum absolute atomic E-state index is 13.7. The number of ketones is 1. The Kier molecular flexibility index (Phi) is 5.91. The predicted molar refractivity (Wildman–Crippen MR) is 130 cm³/mol. The summed E-state index contributed by atoms with van der Waals surface area (Å²) in [7, 11) is 0. The molecule has 0 aromatic heterocycles. The fraction of sp³-hybridized carbons (Fsp3) is 0.407. The summed E-state index contributed by atoms with van der Waals surface area (Å²) in [6.45, 7) is 4.70. The molecule has 1 spiro atoms. The maximum atomic E-state index is 13.7. The molecule has 3 amide bonds. The van der Waals surface area contributed by atoms with E-state index in [1.54, 1.807) is 47.4 Å². The number of piperidine rings is 1. The Morgan fingerprint density at radius 3 is 2.23 bits per heavy atom. The molecule has 1 fully saturated rings. The summed E-state index contributed by atoms with van der Waals surface area (Å²) in [6.07, 6.45) is 1.59. The van der Waals surface area contributed by atoms with Gasteiger partial charge in [0.25, 0.3) is 11.8 Å². The van der Waals surface area contributed by atoms with Crippen molar-refractivity contribution in [3.8, 4) is 5.75 Å². The van der Waals surface area contributed by atoms with E-state index in [1.165, 1.54) is 0 Å². The molecule has 0 N–H and O–H groups in total. The number of nitrogens with zero attached hydrogens (tertiary/aromatic N) is 2. The van der Waals surface area contributed by atoms with Crippen LogP contribution >= 0.6 is 11.6 Å². The maximum Gasteiger partial charge on any atom is 0.262 e. The Balaban J connectivity index is 1.34. The lowest BCUT2D eigenvalue weighted by Gasteiger charge is -2.45. The molecule has 3 heterocycles. The van der Waals surface area contributed by atoms with Gasteiger partial charge >= 0.3 is 0 Å². The molecule has 0 saturated carbocycles. The number of fused-ring (bicyclic) bond motifs is 2. The standard InChI is InChI=1S/C27H27ClN2O5/c1-16(2)13-21(30-24(32)18-5-3-4-6-19(18)25(30)33)26(34)29-11-9-27(10-12-29)15-22(31)20-14-17(28)7-8-23(20)35-27/h3-8,14,16,21H,9-13,15H2,1-2H3. The summed E-state index contributed by atoms with van der Waals surface area (Å²) >= 11 is 6.04. The first-order chi connectivity index (χ1) is 16.7. The van der Waals surface area contributed by atoms with Crippen molar-refractivity contribution in [3.63, 3.8) is 0 Å². The molecule has 1 atom stereocenters. The van der Waals surface area contributed by atoms with Crippen LogP contribution in [0.25, 0.3) is 0 Å². The third kappa shape index (κ3) is 4.12. The second kappa shape index (κ2) is 8.79. The van der Waals surface area contributed by atoms with E-state index >= 15 is 0 Å². The zero-order chi connectivity index (χ0) is 24.9. The number of benzene rings is 2. The topological polar surface area (TPSA) is 84.0 Å². The van der Waals surface area contributed by atoms with Crippen LogP contribution in [-0.4, -0.2) is 58.0 Å². The minimum absolute atomic E-state index is 0.0164. The van der Waals surface area contributed by atoms with Gasteiger partial charge in [0.2, 0.25) is 5.91 Å². The first kappa shape index (κ1) is 23.5. The van der Waals surface area contributed by atoms with Crippen LogP contribution in [0, 0.1) is 5.92 Å². The van der Waals surface area contributed by atoms with Gasteiger partial charge in [-0.1, -0.05) is 37.6 Å². The monoisotopic (exact) mass is 494 g/mol. The van der Waals surface area contributed by atoms with Crippen molar-refractivity contribution in [1.29, 1.82) is 0 Å². The third-order valence-corrected chi connectivity index (χ3v) is 7.39. The van der Waals surface area contributed by atoms with Crippen LogP contribution in [0.2, 0.25) is 5.02 Å². The highest BCUT2D eigenvalue weighted by atomic mass is 35.5. The van der Waals surface area contributed by atoms with Crippen molar-refractivity contribution < 1.29 is 23.9 Å². The van der Waals surface area contributed by atoms with E-state index in [2.05, 4.69) is 0 Å². The summed E-state index contributed by atoms with van der Waals surface area (Å²) in [6, 6.07) is 10.9. The number of Topliss-reactive ketones (excluding diaryl/α,β-unsaturated/α-hetero) is 1. The van der Waals surface area contributed by atoms with Crippen molar-refractivity contribution >= 4 is 35.1 Å². The van der Waals surface area contributed by atoms with Crippen LogP contribution in [0.15, 0.2) is 42.5 Å². The molecule has 3 aliphatic rings. The number of likely N-dealkylation sites (tertiary alicyclic amines) is 1. The van der Waals surface area contributed by atoms with Gasteiger partial charge in [-0.15, -0.1) is 0 Å². The molecular weight excluding hydrogens is 468 g/mol. The molecule has 2 aromatic carbocycles. The van der Waals surface area contributed by atoms with Crippen molar-refractivity contribution in [2.24, 2.45) is 5.92 Å². The number of carbonyl (C=O) groups excluding carboxylic acids is 4. The zero-order valence-corrected chi connectivity index (χ0v) is 20.5. The molecule has 0 aliphatic carbocycles. The summed E-state index contributed by atoms with van der Waals surface area (Å²) in [5, 5.41) is 0.487. The van der Waals surface area contributed by atoms with Crippen molar-refractivity contribution in [1.82, 2.24) is 9.80 Å². The Morgan fingerprint density at radius 2 is 1.63 bits per heavy atom. The van der Waals surface area contributed by atoms with E-state index in [-0.39, 0.29) is 24.0 Å². The highest BCUT2D eigenvalue weighted by molar-refractivity contribution is 6.31. The fourth-order valence-corrected chi connectivity index (χ4v) is 5.52. The van der Waals surface area contributed by atoms with E-state index in [0.717, 1.165) is 4.90 Å². The lowest BCUT2D eigenvalue weighted by molar-refractivity contribution is -0.139. The van der Waals surface area contributed by atoms with E-state index in [4.69, 9.17) is 16.3 Å². The van der Waals surface area contributed by atoms with Crippen LogP contribution in [0.5, 0.6) is 5.75 Å². The second-order valence-corrected chi connectivity index (χ2v) is 10.5. The molecule has 3 aliphatic heterocycles. The quantitative estimate of drug-likeness (QED) is 0.589. The van der Waals surface area contributed by atoms with Crippen LogP contribution in [0.4, 0.5) is 0 Å². The number of rotatable bonds is 4. The first-order valence-electron chi connectivity index (χ1n) is 12.0. The Morgan fingerprint density at radius 1 is 1.00 bits per heavy atom. The molecule has 8 heteroatoms. The number of hydrogen-bond donors (Lipinski definition) is 0. The van der Waals surface area contributed by atoms with E-state index in [9.17, 15) is 19.2 Å². The van der Waals surface area contributed by atoms with E-state index in [0.29, 0.717) is 59.8 Å². The summed E-state index contributed by atoms with van der Waals surface area (Å²) < 4.78 is 6.28. The van der Waals surface area contributed by atoms with Crippen LogP contribution in [0.1, 0.15) is 70.6 Å². The van der Waals surface area contributed by atoms with Gasteiger partial charge in [-0.25, -0.2) is 0 Å². The van der Waals surface area contributed by atoms with Gasteiger partial charge in [-0.2, -0.15) is 0 Å². The van der Waals surface area contributed by atoms with Gasteiger partial charge in [0.15, 0.2) is 5.78 Å². The third-order valence-electron chi connectivity index (χ3n) is 7.15. The lowest BCUT2D eigenvalue weighted by atomic mass is 9.82. The van der Waals surface area contributed by atoms with Crippen molar-refractivity contribution in [2.75, 3.05) is 13.1 Å². The molecule has 35 heavy (non-hydrogen) atoms. The van der Waals surface area contributed by atoms with E-state index < -0.39 is 23.5 Å². The normalized spacial score (nSPS) is 19.6. The molecule has 2 aromatic rings. The zero-order valence-electron chi connectivity index (χ0n) is 19.8. The van der Waals surface area contributed by atoms with Gasteiger partial charge in [0.05, 0.1) is 23.1 Å². The van der Waals surface area contributed by atoms with Gasteiger partial charge in [-0.05, 0) is 42.7 Å². The number of halogens is 1. The van der Waals surface area contributed by atoms with Crippen LogP contribution in [0.3, 0.4) is 0 Å². The van der Waals surface area contributed by atoms with E-state index in [1.807, 2.05) is 13.8 Å². The average Bonchev–Trinajstić information content (AvgIpc) is 3.08. The number of carbonyl (C=O) groups is 4. The lowest BCUT2D eigenvalue weighted by Crippen LogP contribution is -2.57. The molecule has 182 valence electrons. The van der Waals surface area contributed by atoms with Gasteiger partial charge < -0.3 is 9.64 Å². The molecular formula is C27H27ClN2O5.